The number of H-pyrrole nitrogens is 1. The predicted octanol–water partition coefficient (Wildman–Crippen LogP) is 2.37. The van der Waals surface area contributed by atoms with Gasteiger partial charge in [-0.3, -0.25) is 9.59 Å². The zero-order chi connectivity index (χ0) is 20.0. The minimum atomic E-state index is -0.625. The van der Waals surface area contributed by atoms with Gasteiger partial charge in [0.25, 0.3) is 5.56 Å². The minimum Gasteiger partial charge on any atom is -0.339 e. The van der Waals surface area contributed by atoms with Gasteiger partial charge in [-0.1, -0.05) is 30.3 Å². The molecule has 0 radical (unpaired) electrons. The van der Waals surface area contributed by atoms with Crippen LogP contribution in [0.2, 0.25) is 0 Å². The molecule has 0 spiro atoms. The molecule has 3 N–H and O–H groups in total. The van der Waals surface area contributed by atoms with Crippen LogP contribution in [-0.2, 0) is 11.2 Å². The lowest BCUT2D eigenvalue weighted by Gasteiger charge is -2.23. The SMILES string of the molecule is N#CC(Cc1ccc2c(c1)c(=O)[nH]c1ccccc12)NC(=O)[C@H]1N[C@@H]2CC[C@H]1C2. The van der Waals surface area contributed by atoms with E-state index in [-0.39, 0.29) is 17.5 Å². The molecule has 1 saturated heterocycles. The van der Waals surface area contributed by atoms with Crippen LogP contribution in [0.1, 0.15) is 24.8 Å². The Morgan fingerprint density at radius 3 is 2.79 bits per heavy atom. The van der Waals surface area contributed by atoms with Crippen molar-refractivity contribution in [3.8, 4) is 6.07 Å². The molecule has 2 heterocycles. The number of para-hydroxylation sites is 1. The second-order valence-corrected chi connectivity index (χ2v) is 8.19. The summed E-state index contributed by atoms with van der Waals surface area (Å²) in [6.07, 6.45) is 3.63. The zero-order valence-corrected chi connectivity index (χ0v) is 15.9. The van der Waals surface area contributed by atoms with Crippen LogP contribution in [0.4, 0.5) is 0 Å². The van der Waals surface area contributed by atoms with Crippen LogP contribution >= 0.6 is 0 Å². The van der Waals surface area contributed by atoms with Crippen molar-refractivity contribution in [1.82, 2.24) is 15.6 Å². The van der Waals surface area contributed by atoms with E-state index in [0.29, 0.717) is 23.8 Å². The number of fused-ring (bicyclic) bond motifs is 5. The number of hydrogen-bond donors (Lipinski definition) is 3. The lowest BCUT2D eigenvalue weighted by atomic mass is 9.98. The number of hydrogen-bond acceptors (Lipinski definition) is 4. The van der Waals surface area contributed by atoms with E-state index in [4.69, 9.17) is 0 Å². The zero-order valence-electron chi connectivity index (χ0n) is 15.9. The van der Waals surface area contributed by atoms with Crippen molar-refractivity contribution in [3.05, 3.63) is 58.4 Å². The van der Waals surface area contributed by atoms with E-state index in [1.54, 1.807) is 0 Å². The number of amides is 1. The maximum Gasteiger partial charge on any atom is 0.256 e. The topological polar surface area (TPSA) is 97.8 Å². The highest BCUT2D eigenvalue weighted by Gasteiger charge is 2.43. The molecular weight excluding hydrogens is 364 g/mol. The van der Waals surface area contributed by atoms with Gasteiger partial charge in [0.15, 0.2) is 0 Å². The van der Waals surface area contributed by atoms with Crippen LogP contribution in [0, 0.1) is 17.2 Å². The van der Waals surface area contributed by atoms with E-state index in [9.17, 15) is 14.9 Å². The number of piperidine rings is 1. The van der Waals surface area contributed by atoms with E-state index >= 15 is 0 Å². The summed E-state index contributed by atoms with van der Waals surface area (Å²) in [4.78, 5) is 28.1. The first-order valence-electron chi connectivity index (χ1n) is 10.1. The van der Waals surface area contributed by atoms with Gasteiger partial charge >= 0.3 is 0 Å². The predicted molar refractivity (Wildman–Crippen MR) is 111 cm³/mol. The third-order valence-electron chi connectivity index (χ3n) is 6.35. The summed E-state index contributed by atoms with van der Waals surface area (Å²) in [6.45, 7) is 0. The second kappa shape index (κ2) is 7.02. The fourth-order valence-electron chi connectivity index (χ4n) is 4.93. The van der Waals surface area contributed by atoms with Crippen molar-refractivity contribution in [2.75, 3.05) is 0 Å². The van der Waals surface area contributed by atoms with Gasteiger partial charge in [-0.05, 0) is 48.3 Å². The molecule has 1 saturated carbocycles. The molecule has 1 aliphatic carbocycles. The summed E-state index contributed by atoms with van der Waals surface area (Å²) in [5.41, 5.74) is 1.51. The van der Waals surface area contributed by atoms with Crippen molar-refractivity contribution >= 4 is 27.6 Å². The summed E-state index contributed by atoms with van der Waals surface area (Å²) in [5, 5.41) is 18.3. The normalized spacial score (nSPS) is 23.9. The summed E-state index contributed by atoms with van der Waals surface area (Å²) in [5.74, 6) is 0.292. The number of carbonyl (C=O) groups is 1. The highest BCUT2D eigenvalue weighted by molar-refractivity contribution is 6.05. The van der Waals surface area contributed by atoms with Crippen LogP contribution in [0.15, 0.2) is 47.3 Å². The molecule has 6 heteroatoms. The standard InChI is InChI=1S/C23H22N4O2/c24-12-16(26-23(29)21-14-6-7-15(11-14)25-21)9-13-5-8-17-18-3-1-2-4-20(18)27-22(28)19(17)10-13/h1-5,8,10,14-16,21,25H,6-7,9,11H2,(H,26,29)(H,27,28)/t14-,15+,16?,21-/m0/s1. The molecule has 2 bridgehead atoms. The average Bonchev–Trinajstić information content (AvgIpc) is 3.37. The highest BCUT2D eigenvalue weighted by Crippen LogP contribution is 2.35. The van der Waals surface area contributed by atoms with Crippen LogP contribution < -0.4 is 16.2 Å². The molecule has 1 aromatic heterocycles. The second-order valence-electron chi connectivity index (χ2n) is 8.19. The fraction of sp³-hybridized carbons (Fsp3) is 0.348. The Morgan fingerprint density at radius 2 is 2.03 bits per heavy atom. The van der Waals surface area contributed by atoms with Gasteiger partial charge in [0.1, 0.15) is 6.04 Å². The largest absolute Gasteiger partial charge is 0.339 e. The first-order valence-corrected chi connectivity index (χ1v) is 10.1. The van der Waals surface area contributed by atoms with Gasteiger partial charge in [0, 0.05) is 28.8 Å². The monoisotopic (exact) mass is 386 g/mol. The maximum atomic E-state index is 12.6. The first kappa shape index (κ1) is 17.9. The molecule has 1 aliphatic heterocycles. The number of pyridine rings is 1. The fourth-order valence-corrected chi connectivity index (χ4v) is 4.93. The van der Waals surface area contributed by atoms with Gasteiger partial charge < -0.3 is 15.6 Å². The summed E-state index contributed by atoms with van der Waals surface area (Å²) < 4.78 is 0. The number of carbonyl (C=O) groups excluding carboxylic acids is 1. The number of nitrogens with zero attached hydrogens (tertiary/aromatic N) is 1. The number of rotatable bonds is 4. The van der Waals surface area contributed by atoms with Crippen LogP contribution in [-0.4, -0.2) is 29.0 Å². The van der Waals surface area contributed by atoms with Gasteiger partial charge in [-0.15, -0.1) is 0 Å². The molecule has 4 atom stereocenters. The summed E-state index contributed by atoms with van der Waals surface area (Å²) >= 11 is 0. The lowest BCUT2D eigenvalue weighted by molar-refractivity contribution is -0.124. The van der Waals surface area contributed by atoms with Crippen molar-refractivity contribution in [2.45, 2.75) is 43.8 Å². The third-order valence-corrected chi connectivity index (χ3v) is 6.35. The first-order chi connectivity index (χ1) is 14.1. The molecule has 1 amide bonds. The maximum absolute atomic E-state index is 12.6. The Morgan fingerprint density at radius 1 is 1.17 bits per heavy atom. The van der Waals surface area contributed by atoms with E-state index < -0.39 is 6.04 Å². The molecule has 5 rings (SSSR count). The number of nitriles is 1. The number of aromatic nitrogens is 1. The summed E-state index contributed by atoms with van der Waals surface area (Å²) in [7, 11) is 0. The Bertz CT molecular complexity index is 1210. The molecule has 2 aromatic carbocycles. The van der Waals surface area contributed by atoms with Gasteiger partial charge in [0.05, 0.1) is 12.1 Å². The number of nitrogens with one attached hydrogen (secondary N) is 3. The quantitative estimate of drug-likeness (QED) is 0.600. The molecule has 146 valence electrons. The van der Waals surface area contributed by atoms with Crippen molar-refractivity contribution in [2.24, 2.45) is 5.92 Å². The molecule has 29 heavy (non-hydrogen) atoms. The third kappa shape index (κ3) is 3.18. The molecule has 6 nitrogen and oxygen atoms in total. The van der Waals surface area contributed by atoms with Gasteiger partial charge in [0.2, 0.25) is 5.91 Å². The molecule has 1 unspecified atom stereocenters. The lowest BCUT2D eigenvalue weighted by Crippen LogP contribution is -2.50. The Balaban J connectivity index is 1.38. The summed E-state index contributed by atoms with van der Waals surface area (Å²) in [6, 6.07) is 15.2. The Kier molecular flexibility index (Phi) is 4.33. The van der Waals surface area contributed by atoms with E-state index in [0.717, 1.165) is 41.1 Å². The van der Waals surface area contributed by atoms with E-state index in [2.05, 4.69) is 21.7 Å². The van der Waals surface area contributed by atoms with Crippen LogP contribution in [0.25, 0.3) is 21.7 Å². The van der Waals surface area contributed by atoms with Crippen LogP contribution in [0.5, 0.6) is 0 Å². The van der Waals surface area contributed by atoms with Crippen molar-refractivity contribution in [3.63, 3.8) is 0 Å². The highest BCUT2D eigenvalue weighted by atomic mass is 16.2. The molecule has 3 aromatic rings. The minimum absolute atomic E-state index is 0.0895. The van der Waals surface area contributed by atoms with Crippen molar-refractivity contribution in [1.29, 1.82) is 5.26 Å². The van der Waals surface area contributed by atoms with Crippen LogP contribution in [0.3, 0.4) is 0 Å². The number of benzene rings is 2. The van der Waals surface area contributed by atoms with E-state index in [1.165, 1.54) is 0 Å². The van der Waals surface area contributed by atoms with Gasteiger partial charge in [-0.2, -0.15) is 5.26 Å². The smallest absolute Gasteiger partial charge is 0.256 e. The van der Waals surface area contributed by atoms with Gasteiger partial charge in [-0.25, -0.2) is 0 Å². The Hall–Kier alpha value is -3.17. The van der Waals surface area contributed by atoms with Crippen molar-refractivity contribution < 1.29 is 4.79 Å². The Labute approximate surface area is 167 Å². The average molecular weight is 386 g/mol. The number of aromatic amines is 1. The molecule has 2 aliphatic rings. The molecule has 2 fully saturated rings. The van der Waals surface area contributed by atoms with E-state index in [1.807, 2.05) is 42.5 Å². The molecular formula is C23H22N4O2.